The third-order valence-electron chi connectivity index (χ3n) is 3.96. The molecular weight excluding hydrogens is 252 g/mol. The summed E-state index contributed by atoms with van der Waals surface area (Å²) in [6.07, 6.45) is 0. The number of piperazine rings is 1. The molecule has 1 aliphatic rings. The van der Waals surface area contributed by atoms with Crippen molar-refractivity contribution < 1.29 is 4.79 Å². The van der Waals surface area contributed by atoms with Gasteiger partial charge in [0.1, 0.15) is 0 Å². The molecule has 1 fully saturated rings. The van der Waals surface area contributed by atoms with Crippen molar-refractivity contribution >= 4 is 17.3 Å². The molecule has 5 nitrogen and oxygen atoms in total. The normalized spacial score (nSPS) is 20.9. The first kappa shape index (κ1) is 14.8. The second-order valence-electron chi connectivity index (χ2n) is 5.63. The van der Waals surface area contributed by atoms with Crippen molar-refractivity contribution in [2.24, 2.45) is 0 Å². The molecule has 110 valence electrons. The average Bonchev–Trinajstić information content (AvgIpc) is 2.42. The first-order chi connectivity index (χ1) is 9.47. The minimum atomic E-state index is 0.117. The molecule has 1 aromatic carbocycles. The van der Waals surface area contributed by atoms with Crippen LogP contribution < -0.4 is 10.6 Å². The average molecular weight is 276 g/mol. The minimum Gasteiger partial charge on any atom is -0.399 e. The van der Waals surface area contributed by atoms with E-state index in [1.807, 2.05) is 31.3 Å². The van der Waals surface area contributed by atoms with E-state index in [2.05, 4.69) is 23.8 Å². The summed E-state index contributed by atoms with van der Waals surface area (Å²) >= 11 is 0. The lowest BCUT2D eigenvalue weighted by Crippen LogP contribution is -2.53. The Morgan fingerprint density at radius 3 is 2.60 bits per heavy atom. The topological polar surface area (TPSA) is 52.8 Å². The summed E-state index contributed by atoms with van der Waals surface area (Å²) in [5.74, 6) is 0.117. The predicted molar refractivity (Wildman–Crippen MR) is 82.8 cm³/mol. The highest BCUT2D eigenvalue weighted by Crippen LogP contribution is 2.16. The number of hydrogen-bond donors (Lipinski definition) is 1. The number of anilines is 2. The maximum absolute atomic E-state index is 12.4. The lowest BCUT2D eigenvalue weighted by molar-refractivity contribution is -0.120. The lowest BCUT2D eigenvalue weighted by Gasteiger charge is -2.38. The van der Waals surface area contributed by atoms with Crippen LogP contribution in [-0.4, -0.2) is 62.0 Å². The largest absolute Gasteiger partial charge is 0.399 e. The molecule has 1 amide bonds. The number of nitrogens with two attached hydrogens (primary N) is 1. The van der Waals surface area contributed by atoms with Crippen LogP contribution in [-0.2, 0) is 4.79 Å². The number of nitrogen functional groups attached to an aromatic ring is 1. The molecule has 0 radical (unpaired) electrons. The fourth-order valence-electron chi connectivity index (χ4n) is 2.53. The number of nitrogens with zero attached hydrogens (tertiary/aromatic N) is 3. The smallest absolute Gasteiger partial charge is 0.240 e. The molecular formula is C15H24N4O. The summed E-state index contributed by atoms with van der Waals surface area (Å²) in [5, 5.41) is 0. The number of benzene rings is 1. The third-order valence-corrected chi connectivity index (χ3v) is 3.96. The molecule has 0 bridgehead atoms. The van der Waals surface area contributed by atoms with E-state index >= 15 is 0 Å². The van der Waals surface area contributed by atoms with Gasteiger partial charge in [-0.1, -0.05) is 0 Å². The first-order valence-corrected chi connectivity index (χ1v) is 7.02. The Balaban J connectivity index is 1.95. The van der Waals surface area contributed by atoms with E-state index in [1.54, 1.807) is 4.90 Å². The zero-order valence-corrected chi connectivity index (χ0v) is 12.5. The van der Waals surface area contributed by atoms with E-state index in [9.17, 15) is 4.79 Å². The van der Waals surface area contributed by atoms with E-state index in [0.717, 1.165) is 25.3 Å². The molecule has 1 unspecified atom stereocenters. The second-order valence-corrected chi connectivity index (χ2v) is 5.63. The van der Waals surface area contributed by atoms with Crippen LogP contribution in [0.3, 0.4) is 0 Å². The zero-order valence-electron chi connectivity index (χ0n) is 12.5. The molecule has 1 atom stereocenters. The molecule has 1 aliphatic heterocycles. The number of likely N-dealkylation sites (N-methyl/N-ethyl adjacent to an activating group) is 2. The molecule has 0 aliphatic carbocycles. The Hall–Kier alpha value is -1.59. The highest BCUT2D eigenvalue weighted by Gasteiger charge is 2.24. The Kier molecular flexibility index (Phi) is 4.62. The molecule has 2 rings (SSSR count). The van der Waals surface area contributed by atoms with Crippen LogP contribution in [0.15, 0.2) is 24.3 Å². The van der Waals surface area contributed by atoms with Crippen molar-refractivity contribution in [1.29, 1.82) is 0 Å². The molecule has 0 aromatic heterocycles. The van der Waals surface area contributed by atoms with E-state index in [4.69, 9.17) is 5.73 Å². The Bertz CT molecular complexity index is 459. The second kappa shape index (κ2) is 6.24. The summed E-state index contributed by atoms with van der Waals surface area (Å²) in [6.45, 7) is 5.61. The van der Waals surface area contributed by atoms with Gasteiger partial charge >= 0.3 is 0 Å². The quantitative estimate of drug-likeness (QED) is 0.832. The molecule has 5 heteroatoms. The van der Waals surface area contributed by atoms with Crippen LogP contribution in [0.5, 0.6) is 0 Å². The standard InChI is InChI=1S/C15H24N4O/c1-12-10-17(2)8-9-19(12)11-15(20)18(3)14-6-4-13(16)5-7-14/h4-7,12H,8-11,16H2,1-3H3. The van der Waals surface area contributed by atoms with Crippen LogP contribution in [0.4, 0.5) is 11.4 Å². The summed E-state index contributed by atoms with van der Waals surface area (Å²) in [5.41, 5.74) is 7.26. The van der Waals surface area contributed by atoms with Gasteiger partial charge in [0.2, 0.25) is 5.91 Å². The van der Waals surface area contributed by atoms with Gasteiger partial charge in [0, 0.05) is 44.1 Å². The molecule has 1 saturated heterocycles. The summed E-state index contributed by atoms with van der Waals surface area (Å²) < 4.78 is 0. The lowest BCUT2D eigenvalue weighted by atomic mass is 10.2. The van der Waals surface area contributed by atoms with E-state index < -0.39 is 0 Å². The molecule has 20 heavy (non-hydrogen) atoms. The van der Waals surface area contributed by atoms with Crippen LogP contribution >= 0.6 is 0 Å². The van der Waals surface area contributed by atoms with E-state index in [-0.39, 0.29) is 5.91 Å². The molecule has 1 aromatic rings. The maximum atomic E-state index is 12.4. The summed E-state index contributed by atoms with van der Waals surface area (Å²) in [7, 11) is 3.94. The van der Waals surface area contributed by atoms with Gasteiger partial charge in [-0.05, 0) is 38.2 Å². The third kappa shape index (κ3) is 3.49. The molecule has 0 spiro atoms. The highest BCUT2D eigenvalue weighted by atomic mass is 16.2. The number of carbonyl (C=O) groups excluding carboxylic acids is 1. The Labute approximate surface area is 120 Å². The van der Waals surface area contributed by atoms with Crippen molar-refractivity contribution in [2.75, 3.05) is 50.9 Å². The molecule has 2 N–H and O–H groups in total. The summed E-state index contributed by atoms with van der Waals surface area (Å²) in [6, 6.07) is 7.80. The fraction of sp³-hybridized carbons (Fsp3) is 0.533. The van der Waals surface area contributed by atoms with Gasteiger partial charge in [-0.15, -0.1) is 0 Å². The number of rotatable bonds is 3. The van der Waals surface area contributed by atoms with Crippen molar-refractivity contribution in [2.45, 2.75) is 13.0 Å². The van der Waals surface area contributed by atoms with Crippen molar-refractivity contribution in [3.05, 3.63) is 24.3 Å². The Morgan fingerprint density at radius 2 is 2.00 bits per heavy atom. The first-order valence-electron chi connectivity index (χ1n) is 7.02. The van der Waals surface area contributed by atoms with E-state index in [0.29, 0.717) is 18.3 Å². The van der Waals surface area contributed by atoms with Crippen LogP contribution in [0.2, 0.25) is 0 Å². The van der Waals surface area contributed by atoms with Gasteiger partial charge in [0.25, 0.3) is 0 Å². The summed E-state index contributed by atoms with van der Waals surface area (Å²) in [4.78, 5) is 18.6. The van der Waals surface area contributed by atoms with Gasteiger partial charge in [-0.2, -0.15) is 0 Å². The van der Waals surface area contributed by atoms with Crippen molar-refractivity contribution in [3.63, 3.8) is 0 Å². The van der Waals surface area contributed by atoms with Gasteiger partial charge in [0.15, 0.2) is 0 Å². The number of amides is 1. The minimum absolute atomic E-state index is 0.117. The number of hydrogen-bond acceptors (Lipinski definition) is 4. The maximum Gasteiger partial charge on any atom is 0.240 e. The highest BCUT2D eigenvalue weighted by molar-refractivity contribution is 5.94. The van der Waals surface area contributed by atoms with Crippen LogP contribution in [0.25, 0.3) is 0 Å². The zero-order chi connectivity index (χ0) is 14.7. The number of carbonyl (C=O) groups is 1. The predicted octanol–water partition coefficient (Wildman–Crippen LogP) is 0.868. The van der Waals surface area contributed by atoms with Gasteiger partial charge in [-0.3, -0.25) is 9.69 Å². The Morgan fingerprint density at radius 1 is 1.35 bits per heavy atom. The van der Waals surface area contributed by atoms with Crippen molar-refractivity contribution in [3.8, 4) is 0 Å². The molecule has 1 heterocycles. The fourth-order valence-corrected chi connectivity index (χ4v) is 2.53. The van der Waals surface area contributed by atoms with E-state index in [1.165, 1.54) is 0 Å². The van der Waals surface area contributed by atoms with Crippen LogP contribution in [0, 0.1) is 0 Å². The SMILES string of the molecule is CC1CN(C)CCN1CC(=O)N(C)c1ccc(N)cc1. The van der Waals surface area contributed by atoms with Crippen molar-refractivity contribution in [1.82, 2.24) is 9.80 Å². The van der Waals surface area contributed by atoms with Gasteiger partial charge in [0.05, 0.1) is 6.54 Å². The van der Waals surface area contributed by atoms with Gasteiger partial charge in [-0.25, -0.2) is 0 Å². The monoisotopic (exact) mass is 276 g/mol. The van der Waals surface area contributed by atoms with Gasteiger partial charge < -0.3 is 15.5 Å². The molecule has 0 saturated carbocycles. The van der Waals surface area contributed by atoms with Crippen LogP contribution in [0.1, 0.15) is 6.92 Å².